The molecule has 0 atom stereocenters. The third-order valence-corrected chi connectivity index (χ3v) is 2.63. The largest absolute Gasteiger partial charge is 0.342 e. The number of rotatable bonds is 6. The first kappa shape index (κ1) is 12.5. The Morgan fingerprint density at radius 1 is 1.47 bits per heavy atom. The van der Waals surface area contributed by atoms with Crippen LogP contribution in [0.3, 0.4) is 0 Å². The van der Waals surface area contributed by atoms with Crippen LogP contribution in [0.5, 0.6) is 0 Å². The van der Waals surface area contributed by atoms with Crippen LogP contribution >= 0.6 is 0 Å². The molecule has 88 valence electrons. The highest BCUT2D eigenvalue weighted by molar-refractivity contribution is 5.77. The Kier molecular flexibility index (Phi) is 4.14. The van der Waals surface area contributed by atoms with E-state index in [0.717, 1.165) is 25.4 Å². The fourth-order valence-corrected chi connectivity index (χ4v) is 1.70. The van der Waals surface area contributed by atoms with Gasteiger partial charge in [-0.3, -0.25) is 4.79 Å². The van der Waals surface area contributed by atoms with Gasteiger partial charge in [0.15, 0.2) is 0 Å². The van der Waals surface area contributed by atoms with Crippen LogP contribution in [0.4, 0.5) is 0 Å². The number of nitrogens with two attached hydrogens (primary N) is 1. The van der Waals surface area contributed by atoms with Crippen LogP contribution in [0.2, 0.25) is 0 Å². The Hall–Kier alpha value is -0.570. The molecule has 0 saturated heterocycles. The lowest BCUT2D eigenvalue weighted by atomic mass is 10.0. The summed E-state index contributed by atoms with van der Waals surface area (Å²) in [6.45, 7) is 7.76. The summed E-state index contributed by atoms with van der Waals surface area (Å²) in [6, 6.07) is 0. The van der Waals surface area contributed by atoms with E-state index in [4.69, 9.17) is 5.73 Å². The minimum Gasteiger partial charge on any atom is -0.342 e. The molecule has 3 heteroatoms. The Labute approximate surface area is 93.0 Å². The maximum atomic E-state index is 12.0. The topological polar surface area (TPSA) is 46.3 Å². The molecule has 0 aromatic heterocycles. The molecule has 0 aromatic rings. The highest BCUT2D eigenvalue weighted by atomic mass is 16.2. The lowest BCUT2D eigenvalue weighted by Gasteiger charge is -2.26. The molecule has 2 N–H and O–H groups in total. The van der Waals surface area contributed by atoms with Gasteiger partial charge in [-0.2, -0.15) is 0 Å². The molecule has 1 aliphatic carbocycles. The SMILES string of the molecule is CCCN(CC1CC1)C(=O)CC(C)(C)N. The molecule has 0 heterocycles. The van der Waals surface area contributed by atoms with Gasteiger partial charge in [0.05, 0.1) is 0 Å². The summed E-state index contributed by atoms with van der Waals surface area (Å²) in [5.41, 5.74) is 5.49. The Morgan fingerprint density at radius 2 is 2.07 bits per heavy atom. The van der Waals surface area contributed by atoms with E-state index in [9.17, 15) is 4.79 Å². The van der Waals surface area contributed by atoms with Gasteiger partial charge in [0.1, 0.15) is 0 Å². The highest BCUT2D eigenvalue weighted by Crippen LogP contribution is 2.30. The van der Waals surface area contributed by atoms with E-state index in [1.54, 1.807) is 0 Å². The lowest BCUT2D eigenvalue weighted by Crippen LogP contribution is -2.42. The van der Waals surface area contributed by atoms with Crippen LogP contribution in [0, 0.1) is 5.92 Å². The van der Waals surface area contributed by atoms with Gasteiger partial charge >= 0.3 is 0 Å². The van der Waals surface area contributed by atoms with E-state index in [-0.39, 0.29) is 11.4 Å². The summed E-state index contributed by atoms with van der Waals surface area (Å²) < 4.78 is 0. The maximum Gasteiger partial charge on any atom is 0.224 e. The molecule has 1 saturated carbocycles. The second kappa shape index (κ2) is 4.97. The third kappa shape index (κ3) is 5.17. The number of carbonyl (C=O) groups excluding carboxylic acids is 1. The molecule has 3 nitrogen and oxygen atoms in total. The predicted molar refractivity (Wildman–Crippen MR) is 62.5 cm³/mol. The number of hydrogen-bond acceptors (Lipinski definition) is 2. The van der Waals surface area contributed by atoms with Crippen LogP contribution in [0.15, 0.2) is 0 Å². The number of hydrogen-bond donors (Lipinski definition) is 1. The molecule has 0 bridgehead atoms. The maximum absolute atomic E-state index is 12.0. The summed E-state index contributed by atoms with van der Waals surface area (Å²) in [7, 11) is 0. The van der Waals surface area contributed by atoms with Gasteiger partial charge in [0.25, 0.3) is 0 Å². The van der Waals surface area contributed by atoms with E-state index in [0.29, 0.717) is 6.42 Å². The molecular weight excluding hydrogens is 188 g/mol. The van der Waals surface area contributed by atoms with Crippen molar-refractivity contribution in [1.29, 1.82) is 0 Å². The van der Waals surface area contributed by atoms with Crippen molar-refractivity contribution in [2.24, 2.45) is 11.7 Å². The van der Waals surface area contributed by atoms with Gasteiger partial charge in [-0.25, -0.2) is 0 Å². The minimum atomic E-state index is -0.382. The second-order valence-electron chi connectivity index (χ2n) is 5.45. The Bertz CT molecular complexity index is 216. The fraction of sp³-hybridized carbons (Fsp3) is 0.917. The lowest BCUT2D eigenvalue weighted by molar-refractivity contribution is -0.132. The van der Waals surface area contributed by atoms with Crippen molar-refractivity contribution in [3.8, 4) is 0 Å². The smallest absolute Gasteiger partial charge is 0.224 e. The molecule has 0 aliphatic heterocycles. The average Bonchev–Trinajstić information content (AvgIpc) is 2.84. The summed E-state index contributed by atoms with van der Waals surface area (Å²) in [6.07, 6.45) is 4.07. The van der Waals surface area contributed by atoms with Crippen molar-refractivity contribution in [2.75, 3.05) is 13.1 Å². The van der Waals surface area contributed by atoms with Gasteiger partial charge in [-0.15, -0.1) is 0 Å². The molecule has 0 spiro atoms. The standard InChI is InChI=1S/C12H24N2O/c1-4-7-14(9-10-5-6-10)11(15)8-12(2,3)13/h10H,4-9,13H2,1-3H3. The van der Waals surface area contributed by atoms with Crippen molar-refractivity contribution in [2.45, 2.75) is 52.0 Å². The van der Waals surface area contributed by atoms with Gasteiger partial charge < -0.3 is 10.6 Å². The van der Waals surface area contributed by atoms with Gasteiger partial charge in [-0.05, 0) is 39.0 Å². The van der Waals surface area contributed by atoms with Crippen molar-refractivity contribution >= 4 is 5.91 Å². The van der Waals surface area contributed by atoms with Gasteiger partial charge in [-0.1, -0.05) is 6.92 Å². The summed E-state index contributed by atoms with van der Waals surface area (Å²) in [4.78, 5) is 14.0. The number of carbonyl (C=O) groups is 1. The summed E-state index contributed by atoms with van der Waals surface area (Å²) in [5, 5.41) is 0. The second-order valence-corrected chi connectivity index (χ2v) is 5.45. The molecular formula is C12H24N2O. The monoisotopic (exact) mass is 212 g/mol. The van der Waals surface area contributed by atoms with Crippen molar-refractivity contribution in [1.82, 2.24) is 4.90 Å². The quantitative estimate of drug-likeness (QED) is 0.729. The molecule has 1 rings (SSSR count). The number of nitrogens with zero attached hydrogens (tertiary/aromatic N) is 1. The first-order valence-corrected chi connectivity index (χ1v) is 5.99. The van der Waals surface area contributed by atoms with E-state index in [1.165, 1.54) is 12.8 Å². The van der Waals surface area contributed by atoms with E-state index >= 15 is 0 Å². The van der Waals surface area contributed by atoms with Crippen molar-refractivity contribution in [3.05, 3.63) is 0 Å². The van der Waals surface area contributed by atoms with Crippen LogP contribution in [-0.4, -0.2) is 29.4 Å². The zero-order valence-corrected chi connectivity index (χ0v) is 10.3. The predicted octanol–water partition coefficient (Wildman–Crippen LogP) is 1.76. The fourth-order valence-electron chi connectivity index (χ4n) is 1.70. The third-order valence-electron chi connectivity index (χ3n) is 2.63. The van der Waals surface area contributed by atoms with E-state index in [2.05, 4.69) is 6.92 Å². The average molecular weight is 212 g/mol. The zero-order chi connectivity index (χ0) is 11.5. The molecule has 15 heavy (non-hydrogen) atoms. The Balaban J connectivity index is 2.42. The highest BCUT2D eigenvalue weighted by Gasteiger charge is 2.28. The number of amides is 1. The molecule has 1 fully saturated rings. The van der Waals surface area contributed by atoms with Crippen LogP contribution in [0.25, 0.3) is 0 Å². The van der Waals surface area contributed by atoms with Gasteiger partial charge in [0.2, 0.25) is 5.91 Å². The van der Waals surface area contributed by atoms with E-state index < -0.39 is 0 Å². The summed E-state index contributed by atoms with van der Waals surface area (Å²) in [5.74, 6) is 0.984. The van der Waals surface area contributed by atoms with Crippen LogP contribution in [-0.2, 0) is 4.79 Å². The van der Waals surface area contributed by atoms with Crippen LogP contribution < -0.4 is 5.73 Å². The summed E-state index contributed by atoms with van der Waals surface area (Å²) >= 11 is 0. The zero-order valence-electron chi connectivity index (χ0n) is 10.3. The molecule has 0 aromatic carbocycles. The first-order chi connectivity index (χ1) is 6.92. The normalized spacial score (nSPS) is 16.5. The van der Waals surface area contributed by atoms with Crippen molar-refractivity contribution in [3.63, 3.8) is 0 Å². The van der Waals surface area contributed by atoms with E-state index in [1.807, 2.05) is 18.7 Å². The first-order valence-electron chi connectivity index (χ1n) is 5.99. The molecule has 1 amide bonds. The molecule has 0 radical (unpaired) electrons. The Morgan fingerprint density at radius 3 is 2.47 bits per heavy atom. The molecule has 0 unspecified atom stereocenters. The van der Waals surface area contributed by atoms with Crippen LogP contribution in [0.1, 0.15) is 46.5 Å². The van der Waals surface area contributed by atoms with Gasteiger partial charge in [0, 0.05) is 25.0 Å². The molecule has 1 aliphatic rings. The van der Waals surface area contributed by atoms with Crippen molar-refractivity contribution < 1.29 is 4.79 Å². The minimum absolute atomic E-state index is 0.219.